The lowest BCUT2D eigenvalue weighted by Crippen LogP contribution is -2.25. The van der Waals surface area contributed by atoms with Crippen LogP contribution in [0.2, 0.25) is 0 Å². The van der Waals surface area contributed by atoms with E-state index in [4.69, 9.17) is 0 Å². The molecule has 2 aromatic carbocycles. The van der Waals surface area contributed by atoms with Crippen molar-refractivity contribution in [3.05, 3.63) is 77.4 Å². The van der Waals surface area contributed by atoms with E-state index in [1.165, 1.54) is 33.9 Å². The third-order valence-corrected chi connectivity index (χ3v) is 4.94. The number of pyridine rings is 1. The Kier molecular flexibility index (Phi) is 8.21. The van der Waals surface area contributed by atoms with E-state index in [9.17, 15) is 4.39 Å². The van der Waals surface area contributed by atoms with E-state index < -0.39 is 0 Å². The summed E-state index contributed by atoms with van der Waals surface area (Å²) in [5.74, 6) is -0.160. The summed E-state index contributed by atoms with van der Waals surface area (Å²) in [5, 5.41) is 6.10. The molecule has 1 N–H and O–H groups in total. The van der Waals surface area contributed by atoms with Gasteiger partial charge < -0.3 is 5.32 Å². The van der Waals surface area contributed by atoms with Crippen LogP contribution in [0.3, 0.4) is 0 Å². The highest BCUT2D eigenvalue weighted by Gasteiger charge is 2.04. The van der Waals surface area contributed by atoms with Crippen LogP contribution in [-0.4, -0.2) is 11.0 Å². The molecule has 0 saturated carbocycles. The topological polar surface area (TPSA) is 24.9 Å². The van der Waals surface area contributed by atoms with Crippen LogP contribution in [0.25, 0.3) is 10.8 Å². The number of fused-ring (bicyclic) bond motifs is 1. The molecule has 0 bridgehead atoms. The summed E-state index contributed by atoms with van der Waals surface area (Å²) >= 11 is 0. The molecular weight excluding hydrogens is 359 g/mol. The standard InChI is InChI=1S/C23H27FN2.ClH/c1-17-14-25-16-21-10-7-20(13-23(17)21)15-26-18(2)5-3-4-6-19-8-11-22(24)12-9-19;/h7-14,16,18,26H,3-6,15H2,1-2H3;1H/t18-;/m1./s1. The zero-order chi connectivity index (χ0) is 18.4. The van der Waals surface area contributed by atoms with Crippen LogP contribution in [-0.2, 0) is 13.0 Å². The molecular formula is C23H28ClFN2. The number of nitrogens with one attached hydrogen (secondary N) is 1. The second kappa shape index (κ2) is 10.4. The van der Waals surface area contributed by atoms with Crippen molar-refractivity contribution in [2.24, 2.45) is 0 Å². The molecule has 0 spiro atoms. The van der Waals surface area contributed by atoms with Crippen molar-refractivity contribution in [1.29, 1.82) is 0 Å². The number of aryl methyl sites for hydroxylation is 2. The van der Waals surface area contributed by atoms with E-state index in [1.54, 1.807) is 12.1 Å². The van der Waals surface area contributed by atoms with Crippen molar-refractivity contribution >= 4 is 23.2 Å². The van der Waals surface area contributed by atoms with Gasteiger partial charge in [-0.25, -0.2) is 4.39 Å². The normalized spacial score (nSPS) is 12.0. The maximum absolute atomic E-state index is 12.9. The number of hydrogen-bond acceptors (Lipinski definition) is 2. The van der Waals surface area contributed by atoms with Gasteiger partial charge in [-0.05, 0) is 73.4 Å². The minimum atomic E-state index is -0.160. The Hall–Kier alpha value is -1.97. The number of hydrogen-bond donors (Lipinski definition) is 1. The van der Waals surface area contributed by atoms with Gasteiger partial charge in [0, 0.05) is 30.4 Å². The zero-order valence-electron chi connectivity index (χ0n) is 16.0. The van der Waals surface area contributed by atoms with Crippen LogP contribution >= 0.6 is 12.4 Å². The van der Waals surface area contributed by atoms with Gasteiger partial charge in [0.15, 0.2) is 0 Å². The predicted octanol–water partition coefficient (Wildman–Crippen LogP) is 6.00. The Labute approximate surface area is 167 Å². The summed E-state index contributed by atoms with van der Waals surface area (Å²) < 4.78 is 12.9. The Morgan fingerprint density at radius 3 is 2.52 bits per heavy atom. The Morgan fingerprint density at radius 2 is 1.74 bits per heavy atom. The number of rotatable bonds is 8. The maximum atomic E-state index is 12.9. The van der Waals surface area contributed by atoms with E-state index in [2.05, 4.69) is 42.3 Å². The molecule has 0 fully saturated rings. The second-order valence-electron chi connectivity index (χ2n) is 7.17. The summed E-state index contributed by atoms with van der Waals surface area (Å²) in [4.78, 5) is 4.25. The van der Waals surface area contributed by atoms with Crippen molar-refractivity contribution < 1.29 is 4.39 Å². The fraction of sp³-hybridized carbons (Fsp3) is 0.348. The first-order valence-electron chi connectivity index (χ1n) is 9.43. The number of aromatic nitrogens is 1. The van der Waals surface area contributed by atoms with Crippen LogP contribution in [0.15, 0.2) is 54.9 Å². The first kappa shape index (κ1) is 21.3. The largest absolute Gasteiger partial charge is 0.310 e. The first-order chi connectivity index (χ1) is 12.6. The van der Waals surface area contributed by atoms with Gasteiger partial charge in [-0.3, -0.25) is 4.98 Å². The summed E-state index contributed by atoms with van der Waals surface area (Å²) in [5.41, 5.74) is 3.75. The van der Waals surface area contributed by atoms with Gasteiger partial charge >= 0.3 is 0 Å². The average Bonchev–Trinajstić information content (AvgIpc) is 2.65. The smallest absolute Gasteiger partial charge is 0.123 e. The van der Waals surface area contributed by atoms with Crippen molar-refractivity contribution in [2.45, 2.75) is 52.1 Å². The van der Waals surface area contributed by atoms with E-state index in [1.807, 2.05) is 24.5 Å². The fourth-order valence-electron chi connectivity index (χ4n) is 3.29. The van der Waals surface area contributed by atoms with Crippen molar-refractivity contribution in [1.82, 2.24) is 10.3 Å². The van der Waals surface area contributed by atoms with E-state index in [0.717, 1.165) is 25.8 Å². The van der Waals surface area contributed by atoms with Crippen molar-refractivity contribution in [2.75, 3.05) is 0 Å². The third-order valence-electron chi connectivity index (χ3n) is 4.94. The molecule has 0 saturated heterocycles. The van der Waals surface area contributed by atoms with Gasteiger partial charge in [0.1, 0.15) is 5.82 Å². The SMILES string of the molecule is Cc1cncc2ccc(CN[C@H](C)CCCCc3ccc(F)cc3)cc12.Cl. The van der Waals surface area contributed by atoms with E-state index in [-0.39, 0.29) is 18.2 Å². The van der Waals surface area contributed by atoms with Gasteiger partial charge in [-0.1, -0.05) is 30.7 Å². The van der Waals surface area contributed by atoms with Gasteiger partial charge in [-0.2, -0.15) is 0 Å². The van der Waals surface area contributed by atoms with Crippen molar-refractivity contribution in [3.63, 3.8) is 0 Å². The van der Waals surface area contributed by atoms with Crippen LogP contribution < -0.4 is 5.32 Å². The monoisotopic (exact) mass is 386 g/mol. The highest BCUT2D eigenvalue weighted by Crippen LogP contribution is 2.18. The van der Waals surface area contributed by atoms with Crippen LogP contribution in [0.4, 0.5) is 4.39 Å². The van der Waals surface area contributed by atoms with Crippen LogP contribution in [0, 0.1) is 12.7 Å². The Balaban J connectivity index is 0.00000261. The number of halogens is 2. The molecule has 0 aliphatic rings. The molecule has 0 radical (unpaired) electrons. The second-order valence-corrected chi connectivity index (χ2v) is 7.17. The van der Waals surface area contributed by atoms with Gasteiger partial charge in [0.05, 0.1) is 0 Å². The summed E-state index contributed by atoms with van der Waals surface area (Å²) in [6, 6.07) is 13.9. The molecule has 144 valence electrons. The van der Waals surface area contributed by atoms with E-state index >= 15 is 0 Å². The molecule has 2 nitrogen and oxygen atoms in total. The molecule has 3 rings (SSSR count). The lowest BCUT2D eigenvalue weighted by atomic mass is 10.0. The lowest BCUT2D eigenvalue weighted by Gasteiger charge is -2.14. The zero-order valence-corrected chi connectivity index (χ0v) is 16.9. The lowest BCUT2D eigenvalue weighted by molar-refractivity contribution is 0.489. The minimum Gasteiger partial charge on any atom is -0.310 e. The third kappa shape index (κ3) is 6.30. The van der Waals surface area contributed by atoms with Gasteiger partial charge in [0.2, 0.25) is 0 Å². The number of benzene rings is 2. The molecule has 0 unspecified atom stereocenters. The predicted molar refractivity (Wildman–Crippen MR) is 114 cm³/mol. The summed E-state index contributed by atoms with van der Waals surface area (Å²) in [7, 11) is 0. The Bertz CT molecular complexity index is 849. The summed E-state index contributed by atoms with van der Waals surface area (Å²) in [6.45, 7) is 5.24. The average molecular weight is 387 g/mol. The molecule has 1 aromatic heterocycles. The Morgan fingerprint density at radius 1 is 1.00 bits per heavy atom. The molecule has 1 heterocycles. The molecule has 0 amide bonds. The molecule has 1 atom stereocenters. The van der Waals surface area contributed by atoms with E-state index in [0.29, 0.717) is 6.04 Å². The maximum Gasteiger partial charge on any atom is 0.123 e. The van der Waals surface area contributed by atoms with Gasteiger partial charge in [0.25, 0.3) is 0 Å². The van der Waals surface area contributed by atoms with Crippen molar-refractivity contribution in [3.8, 4) is 0 Å². The molecule has 27 heavy (non-hydrogen) atoms. The number of nitrogens with zero attached hydrogens (tertiary/aromatic N) is 1. The molecule has 4 heteroatoms. The minimum absolute atomic E-state index is 0. The van der Waals surface area contributed by atoms with Crippen LogP contribution in [0.1, 0.15) is 42.9 Å². The first-order valence-corrected chi connectivity index (χ1v) is 9.43. The molecule has 0 aliphatic heterocycles. The molecule has 0 aliphatic carbocycles. The summed E-state index contributed by atoms with van der Waals surface area (Å²) in [6.07, 6.45) is 8.32. The van der Waals surface area contributed by atoms with Gasteiger partial charge in [-0.15, -0.1) is 12.4 Å². The number of unbranched alkanes of at least 4 members (excludes halogenated alkanes) is 1. The highest BCUT2D eigenvalue weighted by molar-refractivity contribution is 5.85. The fourth-order valence-corrected chi connectivity index (χ4v) is 3.29. The quantitative estimate of drug-likeness (QED) is 0.480. The highest BCUT2D eigenvalue weighted by atomic mass is 35.5. The molecule has 3 aromatic rings. The van der Waals surface area contributed by atoms with Crippen LogP contribution in [0.5, 0.6) is 0 Å².